The van der Waals surface area contributed by atoms with Gasteiger partial charge in [-0.1, -0.05) is 79.8 Å². The molecule has 1 aliphatic heterocycles. The lowest BCUT2D eigenvalue weighted by Crippen LogP contribution is -2.20. The molecule has 0 unspecified atom stereocenters. The van der Waals surface area contributed by atoms with Gasteiger partial charge in [-0.2, -0.15) is 0 Å². The summed E-state index contributed by atoms with van der Waals surface area (Å²) in [6, 6.07) is 29.1. The molecule has 2 aliphatic rings. The topological polar surface area (TPSA) is 14.3 Å². The molecule has 0 bridgehead atoms. The quantitative estimate of drug-likeness (QED) is 0.157. The van der Waals surface area contributed by atoms with Gasteiger partial charge in [0, 0.05) is 5.56 Å². The summed E-state index contributed by atoms with van der Waals surface area (Å²) in [4.78, 5) is 0. The van der Waals surface area contributed by atoms with Crippen molar-refractivity contribution in [1.29, 1.82) is 0 Å². The standard InChI is InChI=1S/C31H25NO/c1-32-27-18-17-21-11-4-5-12-22(21)30(27)26(20-9-2-3-10-20)19-28(32)25-15-8-14-24-23-13-6-7-16-29(23)33-31(24)25/h4-8,11-20H,1-3,9-10H2. The van der Waals surface area contributed by atoms with E-state index in [1.54, 1.807) is 0 Å². The molecule has 1 fully saturated rings. The van der Waals surface area contributed by atoms with Crippen molar-refractivity contribution in [2.24, 2.45) is 5.92 Å². The Labute approximate surface area is 193 Å². The summed E-state index contributed by atoms with van der Waals surface area (Å²) in [6.45, 7) is 4.54. The van der Waals surface area contributed by atoms with E-state index in [1.165, 1.54) is 53.3 Å². The Morgan fingerprint density at radius 3 is 2.58 bits per heavy atom. The zero-order chi connectivity index (χ0) is 21.9. The van der Waals surface area contributed by atoms with Crippen LogP contribution in [0.3, 0.4) is 0 Å². The lowest BCUT2D eigenvalue weighted by Gasteiger charge is -2.30. The number of hydrogen-bond donors (Lipinski definition) is 0. The summed E-state index contributed by atoms with van der Waals surface area (Å²) in [7, 11) is 0. The van der Waals surface area contributed by atoms with Gasteiger partial charge in [0.25, 0.3) is 11.2 Å². The highest BCUT2D eigenvalue weighted by Gasteiger charge is 2.34. The fourth-order valence-electron chi connectivity index (χ4n) is 5.95. The van der Waals surface area contributed by atoms with Crippen LogP contribution in [0.1, 0.15) is 36.8 Å². The number of furan rings is 1. The van der Waals surface area contributed by atoms with E-state index in [0.29, 0.717) is 5.92 Å². The Morgan fingerprint density at radius 2 is 1.67 bits per heavy atom. The fourth-order valence-corrected chi connectivity index (χ4v) is 5.95. The number of hydrogen-bond acceptors (Lipinski definition) is 0. The number of nitrogens with zero attached hydrogens (tertiary/aromatic N) is 1. The molecule has 1 aliphatic carbocycles. The number of benzene rings is 4. The van der Waals surface area contributed by atoms with Crippen molar-refractivity contribution in [3.8, 4) is 0 Å². The van der Waals surface area contributed by atoms with Gasteiger partial charge < -0.3 is 0 Å². The van der Waals surface area contributed by atoms with Crippen LogP contribution in [0.15, 0.2) is 89.4 Å². The molecule has 2 nitrogen and oxygen atoms in total. The molecule has 0 radical (unpaired) electrons. The maximum absolute atomic E-state index is 6.40. The molecule has 0 saturated heterocycles. The Bertz CT molecular complexity index is 1600. The zero-order valence-corrected chi connectivity index (χ0v) is 18.6. The van der Waals surface area contributed by atoms with Gasteiger partial charge in [-0.25, -0.2) is 4.58 Å². The third-order valence-corrected chi connectivity index (χ3v) is 7.54. The normalized spacial score (nSPS) is 16.7. The SMILES string of the molecule is C=[N+]1c2ccc3ccccc3c2C(C2CCCC2)=C[C-]1c1cccc2c1[o+][c-]1ccccc21. The predicted molar refractivity (Wildman–Crippen MR) is 137 cm³/mol. The molecule has 2 heteroatoms. The maximum Gasteiger partial charge on any atom is 0.278 e. The molecule has 0 atom stereocenters. The summed E-state index contributed by atoms with van der Waals surface area (Å²) < 4.78 is 8.51. The van der Waals surface area contributed by atoms with Crippen LogP contribution in [-0.4, -0.2) is 11.3 Å². The Balaban J connectivity index is 1.50. The molecule has 1 saturated carbocycles. The Morgan fingerprint density at radius 1 is 0.848 bits per heavy atom. The summed E-state index contributed by atoms with van der Waals surface area (Å²) in [5.74, 6) is 0.591. The molecule has 1 aromatic heterocycles. The van der Waals surface area contributed by atoms with Crippen LogP contribution >= 0.6 is 0 Å². The van der Waals surface area contributed by atoms with Crippen LogP contribution in [0.2, 0.25) is 0 Å². The molecular formula is C31H25NO. The van der Waals surface area contributed by atoms with E-state index in [-0.39, 0.29) is 0 Å². The van der Waals surface area contributed by atoms with Crippen molar-refractivity contribution >= 4 is 50.7 Å². The van der Waals surface area contributed by atoms with Crippen LogP contribution in [0.25, 0.3) is 38.3 Å². The molecule has 5 aromatic rings. The second-order valence-electron chi connectivity index (χ2n) is 9.36. The lowest BCUT2D eigenvalue weighted by atomic mass is 9.82. The van der Waals surface area contributed by atoms with Crippen molar-refractivity contribution < 1.29 is 8.99 Å². The minimum atomic E-state index is 0.591. The maximum atomic E-state index is 6.40. The molecule has 0 N–H and O–H groups in total. The number of allylic oxidation sites excluding steroid dienone is 1. The molecule has 0 amide bonds. The largest absolute Gasteiger partial charge is 0.286 e. The van der Waals surface area contributed by atoms with Crippen LogP contribution in [-0.2, 0) is 0 Å². The van der Waals surface area contributed by atoms with E-state index in [4.69, 9.17) is 4.42 Å². The molecule has 160 valence electrons. The summed E-state index contributed by atoms with van der Waals surface area (Å²) in [6.07, 6.45) is 7.54. The van der Waals surface area contributed by atoms with Crippen molar-refractivity contribution in [3.05, 3.63) is 102 Å². The second kappa shape index (κ2) is 7.11. The average molecular weight is 428 g/mol. The van der Waals surface area contributed by atoms with Crippen molar-refractivity contribution in [2.75, 3.05) is 0 Å². The fraction of sp³-hybridized carbons (Fsp3) is 0.161. The summed E-state index contributed by atoms with van der Waals surface area (Å²) >= 11 is 0. The number of para-hydroxylation sites is 2. The zero-order valence-electron chi connectivity index (χ0n) is 18.6. The number of rotatable bonds is 2. The summed E-state index contributed by atoms with van der Waals surface area (Å²) in [5, 5.41) is 4.93. The van der Waals surface area contributed by atoms with Crippen molar-refractivity contribution in [2.45, 2.75) is 25.7 Å². The first-order valence-corrected chi connectivity index (χ1v) is 11.9. The van der Waals surface area contributed by atoms with Gasteiger partial charge in [0.2, 0.25) is 0 Å². The smallest absolute Gasteiger partial charge is 0.278 e. The number of fused-ring (bicyclic) bond motifs is 6. The third kappa shape index (κ3) is 2.74. The molecular weight excluding hydrogens is 402 g/mol. The van der Waals surface area contributed by atoms with E-state index in [0.717, 1.165) is 33.5 Å². The van der Waals surface area contributed by atoms with E-state index >= 15 is 0 Å². The Hall–Kier alpha value is -3.78. The average Bonchev–Trinajstić information content (AvgIpc) is 3.52. The highest BCUT2D eigenvalue weighted by Crippen LogP contribution is 2.49. The molecule has 2 heterocycles. The van der Waals surface area contributed by atoms with Gasteiger partial charge in [0.15, 0.2) is 11.7 Å². The van der Waals surface area contributed by atoms with Crippen molar-refractivity contribution in [1.82, 2.24) is 0 Å². The first-order chi connectivity index (χ1) is 16.3. The van der Waals surface area contributed by atoms with E-state index < -0.39 is 0 Å². The monoisotopic (exact) mass is 427 g/mol. The first-order valence-electron chi connectivity index (χ1n) is 11.9. The predicted octanol–water partition coefficient (Wildman–Crippen LogP) is 8.25. The second-order valence-corrected chi connectivity index (χ2v) is 9.36. The molecule has 4 aromatic carbocycles. The van der Waals surface area contributed by atoms with E-state index in [2.05, 4.69) is 84.1 Å². The van der Waals surface area contributed by atoms with Crippen LogP contribution in [0.4, 0.5) is 5.69 Å². The summed E-state index contributed by atoms with van der Waals surface area (Å²) in [5.41, 5.74) is 6.97. The van der Waals surface area contributed by atoms with Gasteiger partial charge in [-0.3, -0.25) is 4.42 Å². The van der Waals surface area contributed by atoms with Crippen LogP contribution in [0.5, 0.6) is 0 Å². The molecule has 0 spiro atoms. The van der Waals surface area contributed by atoms with Gasteiger partial charge >= 0.3 is 0 Å². The highest BCUT2D eigenvalue weighted by atomic mass is 16.3. The van der Waals surface area contributed by atoms with E-state index in [1.807, 2.05) is 12.1 Å². The minimum absolute atomic E-state index is 0.591. The minimum Gasteiger partial charge on any atom is -0.286 e. The van der Waals surface area contributed by atoms with Gasteiger partial charge in [-0.15, -0.1) is 18.2 Å². The molecule has 7 rings (SSSR count). The third-order valence-electron chi connectivity index (χ3n) is 7.54. The Kier molecular flexibility index (Phi) is 4.04. The van der Waals surface area contributed by atoms with Crippen LogP contribution < -0.4 is 0 Å². The van der Waals surface area contributed by atoms with Gasteiger partial charge in [0.1, 0.15) is 0 Å². The first kappa shape index (κ1) is 18.8. The highest BCUT2D eigenvalue weighted by molar-refractivity contribution is 6.07. The van der Waals surface area contributed by atoms with Crippen molar-refractivity contribution in [3.63, 3.8) is 0 Å². The lowest BCUT2D eigenvalue weighted by molar-refractivity contribution is -0.400. The molecule has 33 heavy (non-hydrogen) atoms. The van der Waals surface area contributed by atoms with Gasteiger partial charge in [-0.05, 0) is 45.7 Å². The van der Waals surface area contributed by atoms with Crippen LogP contribution in [0, 0.1) is 12.0 Å². The van der Waals surface area contributed by atoms with E-state index in [9.17, 15) is 0 Å². The van der Waals surface area contributed by atoms with Gasteiger partial charge in [0.05, 0.1) is 12.3 Å².